The minimum absolute atomic E-state index is 0.112. The van der Waals surface area contributed by atoms with Crippen LogP contribution in [0, 0.1) is 13.8 Å². The lowest BCUT2D eigenvalue weighted by Crippen LogP contribution is -2.15. The number of carbonyl (C=O) groups excluding carboxylic acids is 2. The van der Waals surface area contributed by atoms with Crippen molar-refractivity contribution in [3.63, 3.8) is 0 Å². The standard InChI is InChI=1S/C16H20N4O2/c1-10-15(11(2)20(4)19-10)9-16(22)18-14-7-5-6-13(8-14)17-12(3)21/h5-8H,9H2,1-4H3,(H,17,21)(H,18,22). The number of aryl methyl sites for hydroxylation is 2. The Kier molecular flexibility index (Phi) is 4.60. The van der Waals surface area contributed by atoms with Gasteiger partial charge >= 0.3 is 0 Å². The molecule has 6 heteroatoms. The van der Waals surface area contributed by atoms with Crippen molar-refractivity contribution < 1.29 is 9.59 Å². The average Bonchev–Trinajstić information content (AvgIpc) is 2.65. The lowest BCUT2D eigenvalue weighted by Gasteiger charge is -2.08. The number of rotatable bonds is 4. The summed E-state index contributed by atoms with van der Waals surface area (Å²) in [5.41, 5.74) is 4.09. The van der Waals surface area contributed by atoms with E-state index in [4.69, 9.17) is 0 Å². The Hall–Kier alpha value is -2.63. The Morgan fingerprint density at radius 3 is 2.36 bits per heavy atom. The first-order valence-corrected chi connectivity index (χ1v) is 7.03. The second kappa shape index (κ2) is 6.43. The molecule has 0 saturated carbocycles. The number of anilines is 2. The van der Waals surface area contributed by atoms with E-state index in [-0.39, 0.29) is 18.2 Å². The minimum Gasteiger partial charge on any atom is -0.326 e. The molecule has 2 amide bonds. The van der Waals surface area contributed by atoms with Gasteiger partial charge in [-0.3, -0.25) is 14.3 Å². The summed E-state index contributed by atoms with van der Waals surface area (Å²) in [6.45, 7) is 5.28. The van der Waals surface area contributed by atoms with Crippen molar-refractivity contribution in [2.45, 2.75) is 27.2 Å². The summed E-state index contributed by atoms with van der Waals surface area (Å²) >= 11 is 0. The first-order chi connectivity index (χ1) is 10.4. The second-order valence-corrected chi connectivity index (χ2v) is 5.26. The summed E-state index contributed by atoms with van der Waals surface area (Å²) in [6, 6.07) is 7.06. The van der Waals surface area contributed by atoms with Gasteiger partial charge in [0.1, 0.15) is 0 Å². The summed E-state index contributed by atoms with van der Waals surface area (Å²) in [6.07, 6.45) is 0.274. The molecule has 0 aliphatic rings. The zero-order valence-corrected chi connectivity index (χ0v) is 13.2. The molecule has 0 unspecified atom stereocenters. The molecule has 0 bridgehead atoms. The first-order valence-electron chi connectivity index (χ1n) is 7.03. The molecule has 2 rings (SSSR count). The van der Waals surface area contributed by atoms with Gasteiger partial charge in [-0.05, 0) is 32.0 Å². The van der Waals surface area contributed by atoms with Gasteiger partial charge < -0.3 is 10.6 Å². The highest BCUT2D eigenvalue weighted by atomic mass is 16.2. The molecule has 2 N–H and O–H groups in total. The predicted octanol–water partition coefficient (Wildman–Crippen LogP) is 2.18. The van der Waals surface area contributed by atoms with Crippen molar-refractivity contribution in [1.29, 1.82) is 0 Å². The van der Waals surface area contributed by atoms with Crippen LogP contribution in [-0.4, -0.2) is 21.6 Å². The largest absolute Gasteiger partial charge is 0.326 e. The Balaban J connectivity index is 2.07. The van der Waals surface area contributed by atoms with Crippen LogP contribution in [0.5, 0.6) is 0 Å². The Labute approximate surface area is 129 Å². The first kappa shape index (κ1) is 15.8. The van der Waals surface area contributed by atoms with Gasteiger partial charge in [-0.15, -0.1) is 0 Å². The van der Waals surface area contributed by atoms with Crippen LogP contribution in [0.2, 0.25) is 0 Å². The quantitative estimate of drug-likeness (QED) is 0.908. The molecular weight excluding hydrogens is 280 g/mol. The van der Waals surface area contributed by atoms with E-state index >= 15 is 0 Å². The lowest BCUT2D eigenvalue weighted by molar-refractivity contribution is -0.116. The third kappa shape index (κ3) is 3.72. The number of nitrogens with zero attached hydrogens (tertiary/aromatic N) is 2. The van der Waals surface area contributed by atoms with Crippen LogP contribution in [0.3, 0.4) is 0 Å². The maximum absolute atomic E-state index is 12.2. The molecule has 0 aliphatic heterocycles. The van der Waals surface area contributed by atoms with Crippen molar-refractivity contribution >= 4 is 23.2 Å². The van der Waals surface area contributed by atoms with Crippen molar-refractivity contribution in [3.8, 4) is 0 Å². The second-order valence-electron chi connectivity index (χ2n) is 5.26. The van der Waals surface area contributed by atoms with E-state index in [0.717, 1.165) is 17.0 Å². The lowest BCUT2D eigenvalue weighted by atomic mass is 10.1. The maximum Gasteiger partial charge on any atom is 0.228 e. The number of hydrogen-bond acceptors (Lipinski definition) is 3. The van der Waals surface area contributed by atoms with E-state index in [1.807, 2.05) is 20.9 Å². The van der Waals surface area contributed by atoms with Gasteiger partial charge in [-0.25, -0.2) is 0 Å². The molecule has 116 valence electrons. The van der Waals surface area contributed by atoms with Gasteiger partial charge in [0.05, 0.1) is 12.1 Å². The van der Waals surface area contributed by atoms with Crippen molar-refractivity contribution in [2.24, 2.45) is 7.05 Å². The van der Waals surface area contributed by atoms with Gasteiger partial charge in [0.25, 0.3) is 0 Å². The zero-order valence-electron chi connectivity index (χ0n) is 13.2. The van der Waals surface area contributed by atoms with E-state index in [9.17, 15) is 9.59 Å². The van der Waals surface area contributed by atoms with E-state index in [0.29, 0.717) is 11.4 Å². The van der Waals surface area contributed by atoms with Crippen molar-refractivity contribution in [1.82, 2.24) is 9.78 Å². The van der Waals surface area contributed by atoms with Gasteiger partial charge in [-0.2, -0.15) is 5.10 Å². The number of aromatic nitrogens is 2. The van der Waals surface area contributed by atoms with Crippen molar-refractivity contribution in [3.05, 3.63) is 41.2 Å². The number of nitrogens with one attached hydrogen (secondary N) is 2. The summed E-state index contributed by atoms with van der Waals surface area (Å²) in [4.78, 5) is 23.3. The molecule has 0 saturated heterocycles. The number of hydrogen-bond donors (Lipinski definition) is 2. The van der Waals surface area contributed by atoms with Crippen molar-refractivity contribution in [2.75, 3.05) is 10.6 Å². The van der Waals surface area contributed by atoms with Crippen LogP contribution in [-0.2, 0) is 23.1 Å². The highest BCUT2D eigenvalue weighted by Crippen LogP contribution is 2.17. The van der Waals surface area contributed by atoms with Crippen LogP contribution < -0.4 is 10.6 Å². The van der Waals surface area contributed by atoms with Gasteiger partial charge in [-0.1, -0.05) is 6.07 Å². The predicted molar refractivity (Wildman–Crippen MR) is 85.8 cm³/mol. The third-order valence-electron chi connectivity index (χ3n) is 3.46. The Morgan fingerprint density at radius 2 is 1.82 bits per heavy atom. The number of benzene rings is 1. The molecule has 0 radical (unpaired) electrons. The Morgan fingerprint density at radius 1 is 1.18 bits per heavy atom. The molecule has 6 nitrogen and oxygen atoms in total. The highest BCUT2D eigenvalue weighted by Gasteiger charge is 2.13. The molecule has 1 aromatic heterocycles. The van der Waals surface area contributed by atoms with E-state index in [2.05, 4.69) is 15.7 Å². The molecule has 1 aromatic carbocycles. The highest BCUT2D eigenvalue weighted by molar-refractivity contribution is 5.94. The van der Waals surface area contributed by atoms with E-state index in [1.54, 1.807) is 28.9 Å². The molecule has 22 heavy (non-hydrogen) atoms. The summed E-state index contributed by atoms with van der Waals surface area (Å²) in [5, 5.41) is 9.83. The SMILES string of the molecule is CC(=O)Nc1cccc(NC(=O)Cc2c(C)nn(C)c2C)c1. The summed E-state index contributed by atoms with van der Waals surface area (Å²) < 4.78 is 1.77. The molecule has 0 atom stereocenters. The molecule has 0 aliphatic carbocycles. The fourth-order valence-corrected chi connectivity index (χ4v) is 2.32. The van der Waals surface area contributed by atoms with Crippen LogP contribution >= 0.6 is 0 Å². The normalized spacial score (nSPS) is 10.4. The number of carbonyl (C=O) groups is 2. The van der Waals surface area contributed by atoms with Crippen LogP contribution in [0.1, 0.15) is 23.9 Å². The Bertz CT molecular complexity index is 719. The smallest absolute Gasteiger partial charge is 0.228 e. The van der Waals surface area contributed by atoms with Gasteiger partial charge in [0, 0.05) is 36.6 Å². The van der Waals surface area contributed by atoms with Crippen LogP contribution in [0.4, 0.5) is 11.4 Å². The third-order valence-corrected chi connectivity index (χ3v) is 3.46. The monoisotopic (exact) mass is 300 g/mol. The minimum atomic E-state index is -0.148. The fourth-order valence-electron chi connectivity index (χ4n) is 2.32. The van der Waals surface area contributed by atoms with Gasteiger partial charge in [0.2, 0.25) is 11.8 Å². The van der Waals surface area contributed by atoms with E-state index in [1.165, 1.54) is 6.92 Å². The zero-order chi connectivity index (χ0) is 16.3. The van der Waals surface area contributed by atoms with Gasteiger partial charge in [0.15, 0.2) is 0 Å². The molecule has 0 fully saturated rings. The molecule has 1 heterocycles. The fraction of sp³-hybridized carbons (Fsp3) is 0.312. The average molecular weight is 300 g/mol. The molecule has 2 aromatic rings. The summed E-state index contributed by atoms with van der Waals surface area (Å²) in [7, 11) is 1.86. The van der Waals surface area contributed by atoms with Crippen LogP contribution in [0.25, 0.3) is 0 Å². The maximum atomic E-state index is 12.2. The topological polar surface area (TPSA) is 76.0 Å². The molecule has 0 spiro atoms. The van der Waals surface area contributed by atoms with Crippen LogP contribution in [0.15, 0.2) is 24.3 Å². The number of amides is 2. The molecular formula is C16H20N4O2. The summed E-state index contributed by atoms with van der Waals surface area (Å²) in [5.74, 6) is -0.260. The van der Waals surface area contributed by atoms with E-state index < -0.39 is 0 Å².